The van der Waals surface area contributed by atoms with E-state index in [9.17, 15) is 14.4 Å². The van der Waals surface area contributed by atoms with E-state index in [0.29, 0.717) is 22.2 Å². The molecule has 0 aliphatic rings. The van der Waals surface area contributed by atoms with Crippen molar-refractivity contribution in [1.29, 1.82) is 0 Å². The second kappa shape index (κ2) is 9.08. The standard InChI is InChI=1S/C26H23N3O4/c1-16-8-10-18(11-9-16)23-19-6-4-5-7-20(19)25(31)29(3)24(23)26(32)33-15-22(30)28-21-14-17(2)12-13-27-21/h4-14H,15H2,1-3H3,(H,27,28,30). The van der Waals surface area contributed by atoms with Crippen LogP contribution in [0.3, 0.4) is 0 Å². The van der Waals surface area contributed by atoms with E-state index >= 15 is 0 Å². The highest BCUT2D eigenvalue weighted by atomic mass is 16.5. The van der Waals surface area contributed by atoms with Gasteiger partial charge in [-0.2, -0.15) is 0 Å². The molecule has 2 aromatic carbocycles. The Morgan fingerprint density at radius 3 is 2.36 bits per heavy atom. The number of esters is 1. The Morgan fingerprint density at radius 2 is 1.67 bits per heavy atom. The molecule has 0 saturated heterocycles. The summed E-state index contributed by atoms with van der Waals surface area (Å²) in [6.07, 6.45) is 1.58. The lowest BCUT2D eigenvalue weighted by molar-refractivity contribution is -0.119. The number of rotatable bonds is 5. The summed E-state index contributed by atoms with van der Waals surface area (Å²) in [6, 6.07) is 18.3. The van der Waals surface area contributed by atoms with Crippen molar-refractivity contribution < 1.29 is 14.3 Å². The van der Waals surface area contributed by atoms with Gasteiger partial charge in [0.05, 0.1) is 0 Å². The van der Waals surface area contributed by atoms with Gasteiger partial charge in [-0.3, -0.25) is 9.59 Å². The average Bonchev–Trinajstić information content (AvgIpc) is 2.80. The fraction of sp³-hybridized carbons (Fsp3) is 0.154. The first-order chi connectivity index (χ1) is 15.8. The van der Waals surface area contributed by atoms with Crippen LogP contribution in [0.5, 0.6) is 0 Å². The number of carbonyl (C=O) groups is 2. The molecule has 2 heterocycles. The van der Waals surface area contributed by atoms with Crippen LogP contribution in [-0.2, 0) is 16.6 Å². The van der Waals surface area contributed by atoms with Crippen molar-refractivity contribution in [3.8, 4) is 11.1 Å². The summed E-state index contributed by atoms with van der Waals surface area (Å²) in [5.41, 5.74) is 3.13. The summed E-state index contributed by atoms with van der Waals surface area (Å²) in [4.78, 5) is 42.5. The number of hydrogen-bond acceptors (Lipinski definition) is 5. The fourth-order valence-corrected chi connectivity index (χ4v) is 3.70. The minimum atomic E-state index is -0.761. The van der Waals surface area contributed by atoms with Gasteiger partial charge in [0, 0.05) is 24.2 Å². The quantitative estimate of drug-likeness (QED) is 0.473. The highest BCUT2D eigenvalue weighted by molar-refractivity contribution is 6.07. The van der Waals surface area contributed by atoms with Crippen molar-refractivity contribution in [3.63, 3.8) is 0 Å². The van der Waals surface area contributed by atoms with E-state index in [1.165, 1.54) is 11.6 Å². The van der Waals surface area contributed by atoms with E-state index in [0.717, 1.165) is 16.7 Å². The monoisotopic (exact) mass is 441 g/mol. The molecular formula is C26H23N3O4. The zero-order chi connectivity index (χ0) is 23.5. The second-order valence-electron chi connectivity index (χ2n) is 7.84. The molecule has 33 heavy (non-hydrogen) atoms. The van der Waals surface area contributed by atoms with Crippen LogP contribution in [0.4, 0.5) is 5.82 Å². The van der Waals surface area contributed by atoms with Gasteiger partial charge in [-0.05, 0) is 48.6 Å². The summed E-state index contributed by atoms with van der Waals surface area (Å²) in [7, 11) is 1.53. The molecule has 0 aliphatic carbocycles. The Balaban J connectivity index is 1.70. The number of hydrogen-bond donors (Lipinski definition) is 1. The Morgan fingerprint density at radius 1 is 0.970 bits per heavy atom. The maximum Gasteiger partial charge on any atom is 0.356 e. The van der Waals surface area contributed by atoms with Crippen LogP contribution in [0.1, 0.15) is 21.6 Å². The smallest absolute Gasteiger partial charge is 0.356 e. The molecule has 166 valence electrons. The lowest BCUT2D eigenvalue weighted by Gasteiger charge is -2.17. The summed E-state index contributed by atoms with van der Waals surface area (Å²) in [5, 5.41) is 3.74. The Labute approximate surface area is 190 Å². The van der Waals surface area contributed by atoms with Crippen molar-refractivity contribution in [1.82, 2.24) is 9.55 Å². The second-order valence-corrected chi connectivity index (χ2v) is 7.84. The molecule has 1 amide bonds. The van der Waals surface area contributed by atoms with Gasteiger partial charge < -0.3 is 14.6 Å². The number of aryl methyl sites for hydroxylation is 2. The first kappa shape index (κ1) is 22.0. The van der Waals surface area contributed by atoms with Gasteiger partial charge >= 0.3 is 5.97 Å². The van der Waals surface area contributed by atoms with Crippen molar-refractivity contribution in [2.45, 2.75) is 13.8 Å². The van der Waals surface area contributed by atoms with Crippen LogP contribution in [0.15, 0.2) is 71.7 Å². The number of pyridine rings is 2. The van der Waals surface area contributed by atoms with Gasteiger partial charge in [0.25, 0.3) is 11.5 Å². The van der Waals surface area contributed by atoms with E-state index in [1.807, 2.05) is 50.2 Å². The predicted molar refractivity (Wildman–Crippen MR) is 127 cm³/mol. The van der Waals surface area contributed by atoms with Crippen LogP contribution < -0.4 is 10.9 Å². The number of benzene rings is 2. The molecule has 0 saturated carbocycles. The topological polar surface area (TPSA) is 90.3 Å². The van der Waals surface area contributed by atoms with Crippen molar-refractivity contribution in [3.05, 3.63) is 94.0 Å². The number of nitrogens with one attached hydrogen (secondary N) is 1. The average molecular weight is 441 g/mol. The van der Waals surface area contributed by atoms with E-state index in [1.54, 1.807) is 30.5 Å². The van der Waals surface area contributed by atoms with Gasteiger partial charge in [-0.15, -0.1) is 0 Å². The van der Waals surface area contributed by atoms with E-state index in [-0.39, 0.29) is 11.3 Å². The van der Waals surface area contributed by atoms with E-state index < -0.39 is 18.5 Å². The number of nitrogens with zero attached hydrogens (tertiary/aromatic N) is 2. The predicted octanol–water partition coefficient (Wildman–Crippen LogP) is 4.01. The molecule has 0 spiro atoms. The van der Waals surface area contributed by atoms with Crippen LogP contribution in [0, 0.1) is 13.8 Å². The number of aromatic nitrogens is 2. The van der Waals surface area contributed by atoms with Crippen molar-refractivity contribution >= 4 is 28.5 Å². The van der Waals surface area contributed by atoms with Gasteiger partial charge in [-0.1, -0.05) is 48.0 Å². The van der Waals surface area contributed by atoms with Crippen LogP contribution >= 0.6 is 0 Å². The molecule has 7 heteroatoms. The summed E-state index contributed by atoms with van der Waals surface area (Å²) < 4.78 is 6.60. The summed E-state index contributed by atoms with van der Waals surface area (Å²) in [5.74, 6) is -0.915. The largest absolute Gasteiger partial charge is 0.451 e. The van der Waals surface area contributed by atoms with Crippen LogP contribution in [-0.4, -0.2) is 28.0 Å². The van der Waals surface area contributed by atoms with Crippen molar-refractivity contribution in [2.75, 3.05) is 11.9 Å². The first-order valence-electron chi connectivity index (χ1n) is 10.4. The lowest BCUT2D eigenvalue weighted by Crippen LogP contribution is -2.28. The van der Waals surface area contributed by atoms with Gasteiger partial charge in [-0.25, -0.2) is 9.78 Å². The number of ether oxygens (including phenoxy) is 1. The maximum atomic E-state index is 13.2. The minimum Gasteiger partial charge on any atom is -0.451 e. The van der Waals surface area contributed by atoms with Crippen molar-refractivity contribution in [2.24, 2.45) is 7.05 Å². The van der Waals surface area contributed by atoms with Gasteiger partial charge in [0.2, 0.25) is 0 Å². The number of fused-ring (bicyclic) bond motifs is 1. The molecular weight excluding hydrogens is 418 g/mol. The molecule has 0 radical (unpaired) electrons. The molecule has 2 aromatic heterocycles. The number of amides is 1. The molecule has 4 aromatic rings. The zero-order valence-corrected chi connectivity index (χ0v) is 18.6. The van der Waals surface area contributed by atoms with Crippen LogP contribution in [0.25, 0.3) is 21.9 Å². The summed E-state index contributed by atoms with van der Waals surface area (Å²) >= 11 is 0. The lowest BCUT2D eigenvalue weighted by atomic mass is 9.96. The third kappa shape index (κ3) is 4.52. The zero-order valence-electron chi connectivity index (χ0n) is 18.6. The third-order valence-electron chi connectivity index (χ3n) is 5.35. The Kier molecular flexibility index (Phi) is 6.04. The van der Waals surface area contributed by atoms with E-state index in [2.05, 4.69) is 10.3 Å². The molecule has 0 bridgehead atoms. The highest BCUT2D eigenvalue weighted by Crippen LogP contribution is 2.31. The molecule has 4 rings (SSSR count). The normalized spacial score (nSPS) is 10.8. The molecule has 0 atom stereocenters. The highest BCUT2D eigenvalue weighted by Gasteiger charge is 2.23. The first-order valence-corrected chi connectivity index (χ1v) is 10.4. The number of carbonyl (C=O) groups excluding carboxylic acids is 2. The molecule has 0 aliphatic heterocycles. The van der Waals surface area contributed by atoms with Crippen LogP contribution in [0.2, 0.25) is 0 Å². The van der Waals surface area contributed by atoms with E-state index in [4.69, 9.17) is 4.74 Å². The Hall–Kier alpha value is -4.26. The molecule has 7 nitrogen and oxygen atoms in total. The summed E-state index contributed by atoms with van der Waals surface area (Å²) in [6.45, 7) is 3.34. The fourth-order valence-electron chi connectivity index (χ4n) is 3.70. The minimum absolute atomic E-state index is 0.0871. The molecule has 1 N–H and O–H groups in total. The third-order valence-corrected chi connectivity index (χ3v) is 5.35. The Bertz CT molecular complexity index is 1420. The van der Waals surface area contributed by atoms with Gasteiger partial charge in [0.15, 0.2) is 6.61 Å². The molecule has 0 unspecified atom stereocenters. The SMILES string of the molecule is Cc1ccc(-c2c(C(=O)OCC(=O)Nc3cc(C)ccn3)n(C)c(=O)c3ccccc23)cc1. The maximum absolute atomic E-state index is 13.2. The molecule has 0 fully saturated rings. The number of anilines is 1. The van der Waals surface area contributed by atoms with Gasteiger partial charge in [0.1, 0.15) is 11.5 Å².